The third kappa shape index (κ3) is 4.09. The molecule has 1 aromatic carbocycles. The fourth-order valence-electron chi connectivity index (χ4n) is 3.89. The molecule has 136 valence electrons. The highest BCUT2D eigenvalue weighted by Gasteiger charge is 2.30. The van der Waals surface area contributed by atoms with Gasteiger partial charge in [0.25, 0.3) is 0 Å². The number of hydrogen-bond donors (Lipinski definition) is 1. The Labute approximate surface area is 149 Å². The van der Waals surface area contributed by atoms with Crippen molar-refractivity contribution in [3.63, 3.8) is 0 Å². The molecule has 1 amide bonds. The van der Waals surface area contributed by atoms with Gasteiger partial charge in [-0.15, -0.1) is 0 Å². The summed E-state index contributed by atoms with van der Waals surface area (Å²) in [5.74, 6) is 2.63. The monoisotopic (exact) mass is 344 g/mol. The quantitative estimate of drug-likeness (QED) is 0.890. The van der Waals surface area contributed by atoms with E-state index < -0.39 is 0 Å². The number of nitrogens with zero attached hydrogens (tertiary/aromatic N) is 1. The molecule has 2 heterocycles. The van der Waals surface area contributed by atoms with E-state index >= 15 is 0 Å². The molecule has 2 aliphatic heterocycles. The van der Waals surface area contributed by atoms with Gasteiger partial charge >= 0.3 is 0 Å². The molecule has 25 heavy (non-hydrogen) atoms. The van der Waals surface area contributed by atoms with E-state index in [9.17, 15) is 4.79 Å². The first-order valence-corrected chi connectivity index (χ1v) is 9.53. The summed E-state index contributed by atoms with van der Waals surface area (Å²) in [7, 11) is 1.65. The first-order valence-electron chi connectivity index (χ1n) is 9.53. The van der Waals surface area contributed by atoms with E-state index in [-0.39, 0.29) is 11.8 Å². The summed E-state index contributed by atoms with van der Waals surface area (Å²) >= 11 is 0. The second-order valence-electron chi connectivity index (χ2n) is 7.71. The Morgan fingerprint density at radius 2 is 2.08 bits per heavy atom. The fraction of sp³-hybridized carbons (Fsp3) is 0.650. The molecule has 2 fully saturated rings. The van der Waals surface area contributed by atoms with Crippen LogP contribution >= 0.6 is 0 Å². The highest BCUT2D eigenvalue weighted by molar-refractivity contribution is 5.80. The smallest absolute Gasteiger partial charge is 0.227 e. The van der Waals surface area contributed by atoms with Crippen molar-refractivity contribution < 1.29 is 14.3 Å². The van der Waals surface area contributed by atoms with Gasteiger partial charge in [-0.25, -0.2) is 0 Å². The maximum atomic E-state index is 12.6. The minimum atomic E-state index is -0.0922. The third-order valence-corrected chi connectivity index (χ3v) is 5.70. The number of fused-ring (bicyclic) bond motifs is 1. The molecule has 0 bridgehead atoms. The lowest BCUT2D eigenvalue weighted by Gasteiger charge is -2.33. The van der Waals surface area contributed by atoms with Crippen molar-refractivity contribution >= 4 is 5.91 Å². The molecule has 0 spiro atoms. The van der Waals surface area contributed by atoms with Crippen LogP contribution in [-0.4, -0.2) is 50.2 Å². The number of amides is 1. The molecule has 0 unspecified atom stereocenters. The second-order valence-corrected chi connectivity index (χ2v) is 7.71. The van der Waals surface area contributed by atoms with Crippen LogP contribution in [0.5, 0.6) is 11.5 Å². The summed E-state index contributed by atoms with van der Waals surface area (Å²) < 4.78 is 11.0. The van der Waals surface area contributed by atoms with Gasteiger partial charge in [0.15, 0.2) is 0 Å². The van der Waals surface area contributed by atoms with Gasteiger partial charge in [0.1, 0.15) is 18.1 Å². The molecule has 0 aromatic heterocycles. The molecule has 1 aromatic rings. The van der Waals surface area contributed by atoms with Crippen molar-refractivity contribution in [2.75, 3.05) is 33.4 Å². The van der Waals surface area contributed by atoms with E-state index in [1.165, 1.54) is 19.4 Å². The second kappa shape index (κ2) is 7.24. The van der Waals surface area contributed by atoms with Crippen LogP contribution < -0.4 is 14.8 Å². The van der Waals surface area contributed by atoms with Crippen LogP contribution in [0.25, 0.3) is 0 Å². The topological polar surface area (TPSA) is 50.8 Å². The Balaban J connectivity index is 1.27. The van der Waals surface area contributed by atoms with Crippen molar-refractivity contribution in [3.8, 4) is 11.5 Å². The molecule has 1 saturated carbocycles. The van der Waals surface area contributed by atoms with E-state index in [2.05, 4.69) is 10.2 Å². The standard InChI is InChI=1S/C20H28N2O3/c1-24-18-5-4-15-10-16(13-25-19(15)11-18)20(23)21-17-6-8-22(9-7-17)12-14-2-3-14/h4-5,11,14,16-17H,2-3,6-10,12-13H2,1H3,(H,21,23)/t16-/m0/s1. The van der Waals surface area contributed by atoms with Gasteiger partial charge < -0.3 is 19.7 Å². The predicted molar refractivity (Wildman–Crippen MR) is 96.0 cm³/mol. The lowest BCUT2D eigenvalue weighted by atomic mass is 9.95. The molecular weight excluding hydrogens is 316 g/mol. The molecule has 1 aliphatic carbocycles. The lowest BCUT2D eigenvalue weighted by Crippen LogP contribution is -2.48. The maximum absolute atomic E-state index is 12.6. The van der Waals surface area contributed by atoms with Gasteiger partial charge in [0.05, 0.1) is 13.0 Å². The van der Waals surface area contributed by atoms with Crippen molar-refractivity contribution in [3.05, 3.63) is 23.8 Å². The molecule has 1 atom stereocenters. The van der Waals surface area contributed by atoms with Crippen LogP contribution in [-0.2, 0) is 11.2 Å². The molecule has 3 aliphatic rings. The predicted octanol–water partition coefficient (Wildman–Crippen LogP) is 2.24. The van der Waals surface area contributed by atoms with E-state index in [1.54, 1.807) is 7.11 Å². The lowest BCUT2D eigenvalue weighted by molar-refractivity contribution is -0.127. The third-order valence-electron chi connectivity index (χ3n) is 5.70. The Kier molecular flexibility index (Phi) is 4.84. The van der Waals surface area contributed by atoms with Gasteiger partial charge in [-0.2, -0.15) is 0 Å². The minimum Gasteiger partial charge on any atom is -0.497 e. The number of rotatable bonds is 5. The van der Waals surface area contributed by atoms with Crippen molar-refractivity contribution in [2.24, 2.45) is 11.8 Å². The zero-order valence-corrected chi connectivity index (χ0v) is 15.0. The number of nitrogens with one attached hydrogen (secondary N) is 1. The van der Waals surface area contributed by atoms with Crippen LogP contribution in [0, 0.1) is 11.8 Å². The average Bonchev–Trinajstić information content (AvgIpc) is 3.46. The van der Waals surface area contributed by atoms with Crippen LogP contribution in [0.2, 0.25) is 0 Å². The number of likely N-dealkylation sites (tertiary alicyclic amines) is 1. The molecular formula is C20H28N2O3. The minimum absolute atomic E-state index is 0.0922. The summed E-state index contributed by atoms with van der Waals surface area (Å²) in [6, 6.07) is 6.15. The molecule has 5 heteroatoms. The molecule has 5 nitrogen and oxygen atoms in total. The van der Waals surface area contributed by atoms with Crippen LogP contribution in [0.1, 0.15) is 31.2 Å². The fourth-order valence-corrected chi connectivity index (χ4v) is 3.89. The van der Waals surface area contributed by atoms with Gasteiger partial charge in [0, 0.05) is 31.7 Å². The number of ether oxygens (including phenoxy) is 2. The van der Waals surface area contributed by atoms with Crippen LogP contribution in [0.15, 0.2) is 18.2 Å². The molecule has 4 rings (SSSR count). The SMILES string of the molecule is COc1ccc2c(c1)OC[C@@H](C(=O)NC1CCN(CC3CC3)CC1)C2. The number of methoxy groups -OCH3 is 1. The van der Waals surface area contributed by atoms with Crippen molar-refractivity contribution in [1.29, 1.82) is 0 Å². The van der Waals surface area contributed by atoms with E-state index in [0.29, 0.717) is 12.6 Å². The summed E-state index contributed by atoms with van der Waals surface area (Å²) in [6.07, 6.45) is 5.70. The Bertz CT molecular complexity index is 621. The van der Waals surface area contributed by atoms with E-state index in [4.69, 9.17) is 9.47 Å². The Morgan fingerprint density at radius 1 is 1.28 bits per heavy atom. The summed E-state index contributed by atoms with van der Waals surface area (Å²) in [5.41, 5.74) is 1.09. The largest absolute Gasteiger partial charge is 0.497 e. The zero-order valence-electron chi connectivity index (χ0n) is 15.0. The summed E-state index contributed by atoms with van der Waals surface area (Å²) in [4.78, 5) is 15.2. The van der Waals surface area contributed by atoms with Gasteiger partial charge in [-0.3, -0.25) is 4.79 Å². The maximum Gasteiger partial charge on any atom is 0.227 e. The first-order chi connectivity index (χ1) is 12.2. The molecule has 0 radical (unpaired) electrons. The van der Waals surface area contributed by atoms with Crippen LogP contribution in [0.4, 0.5) is 0 Å². The normalized spacial score (nSPS) is 24.3. The van der Waals surface area contributed by atoms with Crippen molar-refractivity contribution in [1.82, 2.24) is 10.2 Å². The Morgan fingerprint density at radius 3 is 2.80 bits per heavy atom. The highest BCUT2D eigenvalue weighted by Crippen LogP contribution is 2.32. The van der Waals surface area contributed by atoms with Gasteiger partial charge in [0.2, 0.25) is 5.91 Å². The van der Waals surface area contributed by atoms with Crippen molar-refractivity contribution in [2.45, 2.75) is 38.1 Å². The average molecular weight is 344 g/mol. The highest BCUT2D eigenvalue weighted by atomic mass is 16.5. The van der Waals surface area contributed by atoms with Gasteiger partial charge in [-0.05, 0) is 49.7 Å². The summed E-state index contributed by atoms with van der Waals surface area (Å²) in [5, 5.41) is 3.26. The van der Waals surface area contributed by atoms with E-state index in [1.807, 2.05) is 18.2 Å². The van der Waals surface area contributed by atoms with Gasteiger partial charge in [-0.1, -0.05) is 6.07 Å². The number of hydrogen-bond acceptors (Lipinski definition) is 4. The number of carbonyl (C=O) groups is 1. The number of benzene rings is 1. The summed E-state index contributed by atoms with van der Waals surface area (Å²) in [6.45, 7) is 3.94. The zero-order chi connectivity index (χ0) is 17.2. The molecule has 1 saturated heterocycles. The molecule has 1 N–H and O–H groups in total. The first kappa shape index (κ1) is 16.7. The number of carbonyl (C=O) groups excluding carboxylic acids is 1. The number of piperidine rings is 1. The Hall–Kier alpha value is -1.75. The van der Waals surface area contributed by atoms with E-state index in [0.717, 1.165) is 55.3 Å². The van der Waals surface area contributed by atoms with Crippen LogP contribution in [0.3, 0.4) is 0 Å².